The van der Waals surface area contributed by atoms with Gasteiger partial charge in [-0.3, -0.25) is 4.79 Å². The van der Waals surface area contributed by atoms with Gasteiger partial charge >= 0.3 is 0 Å². The molecule has 2 bridgehead atoms. The Bertz CT molecular complexity index is 416. The lowest BCUT2D eigenvalue weighted by atomic mass is 9.70. The van der Waals surface area contributed by atoms with Gasteiger partial charge in [0, 0.05) is 11.8 Å². The van der Waals surface area contributed by atoms with E-state index in [4.69, 9.17) is 5.14 Å². The highest BCUT2D eigenvalue weighted by atomic mass is 32.2. The molecule has 5 heteroatoms. The van der Waals surface area contributed by atoms with Gasteiger partial charge in [-0.25, -0.2) is 13.6 Å². The van der Waals surface area contributed by atoms with Crippen LogP contribution in [-0.2, 0) is 14.8 Å². The third-order valence-corrected chi connectivity index (χ3v) is 5.70. The number of ketones is 1. The van der Waals surface area contributed by atoms with Crippen molar-refractivity contribution in [2.24, 2.45) is 21.9 Å². The monoisotopic (exact) mass is 231 g/mol. The smallest absolute Gasteiger partial charge is 0.209 e. The average Bonchev–Trinajstić information content (AvgIpc) is 2.35. The molecule has 2 aliphatic rings. The minimum Gasteiger partial charge on any atom is -0.299 e. The number of carbonyl (C=O) groups excluding carboxylic acids is 1. The third-order valence-electron chi connectivity index (χ3n) is 4.70. The van der Waals surface area contributed by atoms with Crippen molar-refractivity contribution in [2.75, 3.05) is 5.75 Å². The highest BCUT2D eigenvalue weighted by Gasteiger charge is 2.64. The first-order valence-electron chi connectivity index (χ1n) is 5.23. The van der Waals surface area contributed by atoms with Crippen molar-refractivity contribution in [3.05, 3.63) is 0 Å². The molecule has 3 atom stereocenters. The number of hydrogen-bond donors (Lipinski definition) is 1. The summed E-state index contributed by atoms with van der Waals surface area (Å²) in [6.07, 6.45) is 2.29. The van der Waals surface area contributed by atoms with Gasteiger partial charge in [0.05, 0.1) is 5.75 Å². The van der Waals surface area contributed by atoms with E-state index in [9.17, 15) is 13.2 Å². The van der Waals surface area contributed by atoms with Crippen molar-refractivity contribution in [3.63, 3.8) is 0 Å². The van der Waals surface area contributed by atoms with E-state index < -0.39 is 20.9 Å². The number of rotatable bonds is 2. The molecule has 4 nitrogen and oxygen atoms in total. The number of sulfonamides is 1. The van der Waals surface area contributed by atoms with Gasteiger partial charge < -0.3 is 0 Å². The Labute approximate surface area is 90.3 Å². The second-order valence-electron chi connectivity index (χ2n) is 5.42. The van der Waals surface area contributed by atoms with E-state index in [0.717, 1.165) is 12.8 Å². The molecule has 2 aliphatic carbocycles. The predicted molar refractivity (Wildman–Crippen MR) is 56.5 cm³/mol. The number of hydrogen-bond acceptors (Lipinski definition) is 3. The summed E-state index contributed by atoms with van der Waals surface area (Å²) in [5, 5.41) is 5.12. The van der Waals surface area contributed by atoms with Crippen molar-refractivity contribution in [3.8, 4) is 0 Å². The van der Waals surface area contributed by atoms with E-state index in [1.54, 1.807) is 0 Å². The van der Waals surface area contributed by atoms with Crippen LogP contribution in [0.4, 0.5) is 0 Å². The Morgan fingerprint density at radius 2 is 2.07 bits per heavy atom. The number of fused-ring (bicyclic) bond motifs is 2. The van der Waals surface area contributed by atoms with Crippen LogP contribution in [0.5, 0.6) is 0 Å². The molecule has 0 aromatic rings. The van der Waals surface area contributed by atoms with Crippen LogP contribution < -0.4 is 5.14 Å². The Kier molecular flexibility index (Phi) is 2.09. The van der Waals surface area contributed by atoms with Crippen LogP contribution >= 0.6 is 0 Å². The van der Waals surface area contributed by atoms with E-state index in [1.165, 1.54) is 0 Å². The third kappa shape index (κ3) is 1.36. The van der Waals surface area contributed by atoms with Gasteiger partial charge in [0.15, 0.2) is 0 Å². The van der Waals surface area contributed by atoms with Gasteiger partial charge in [-0.15, -0.1) is 0 Å². The van der Waals surface area contributed by atoms with Gasteiger partial charge in [0.2, 0.25) is 10.0 Å². The molecule has 0 spiro atoms. The largest absolute Gasteiger partial charge is 0.299 e. The number of primary sulfonamides is 1. The fourth-order valence-electron chi connectivity index (χ4n) is 3.45. The van der Waals surface area contributed by atoms with Crippen molar-refractivity contribution in [1.82, 2.24) is 0 Å². The summed E-state index contributed by atoms with van der Waals surface area (Å²) in [5.41, 5.74) is -0.915. The van der Waals surface area contributed by atoms with Crippen LogP contribution in [0, 0.1) is 16.7 Å². The maximum atomic E-state index is 11.8. The molecule has 0 aliphatic heterocycles. The van der Waals surface area contributed by atoms with E-state index >= 15 is 0 Å². The van der Waals surface area contributed by atoms with Crippen molar-refractivity contribution >= 4 is 15.8 Å². The van der Waals surface area contributed by atoms with Crippen molar-refractivity contribution in [1.29, 1.82) is 0 Å². The molecule has 2 saturated carbocycles. The van der Waals surface area contributed by atoms with Gasteiger partial charge in [-0.2, -0.15) is 0 Å². The zero-order valence-corrected chi connectivity index (χ0v) is 9.93. The number of Topliss-reactive ketones (excluding diaryl/α,β-unsaturated/α-hetero) is 1. The average molecular weight is 231 g/mol. The summed E-state index contributed by atoms with van der Waals surface area (Å²) < 4.78 is 22.5. The van der Waals surface area contributed by atoms with Crippen molar-refractivity contribution < 1.29 is 13.2 Å². The highest BCUT2D eigenvalue weighted by Crippen LogP contribution is 2.64. The Morgan fingerprint density at radius 3 is 2.40 bits per heavy atom. The molecular formula is C10H17NO3S. The lowest BCUT2D eigenvalue weighted by molar-refractivity contribution is -0.128. The Balaban J connectivity index is 2.41. The Hall–Kier alpha value is -0.420. The lowest BCUT2D eigenvalue weighted by Crippen LogP contribution is -2.42. The zero-order valence-electron chi connectivity index (χ0n) is 9.12. The maximum absolute atomic E-state index is 11.8. The fourth-order valence-corrected chi connectivity index (χ4v) is 4.84. The number of nitrogens with two attached hydrogens (primary N) is 1. The van der Waals surface area contributed by atoms with Crippen LogP contribution in [0.25, 0.3) is 0 Å². The fraction of sp³-hybridized carbons (Fsp3) is 0.900. The first-order chi connectivity index (χ1) is 6.69. The van der Waals surface area contributed by atoms with Gasteiger partial charge in [-0.05, 0) is 24.2 Å². The molecule has 0 aromatic heterocycles. The van der Waals surface area contributed by atoms with Gasteiger partial charge in [-0.1, -0.05) is 13.8 Å². The van der Waals surface area contributed by atoms with Crippen LogP contribution in [-0.4, -0.2) is 20.0 Å². The maximum Gasteiger partial charge on any atom is 0.209 e. The molecule has 2 fully saturated rings. The topological polar surface area (TPSA) is 77.2 Å². The zero-order chi connectivity index (χ0) is 11.5. The standard InChI is InChI=1S/C10H17NO3S/c1-9-4-3-7(5-8(9)12)10(9,2)6-15(11,13)14/h7H,3-6H2,1-2H3,(H2,11,13,14)/t7-,9+,10-/m0/s1. The van der Waals surface area contributed by atoms with E-state index in [2.05, 4.69) is 0 Å². The molecular weight excluding hydrogens is 214 g/mol. The molecule has 2 N–H and O–H groups in total. The molecule has 0 saturated heterocycles. The minimum atomic E-state index is -3.51. The molecule has 0 amide bonds. The van der Waals surface area contributed by atoms with E-state index in [1.807, 2.05) is 13.8 Å². The first kappa shape index (κ1) is 11.1. The second kappa shape index (κ2) is 2.83. The van der Waals surface area contributed by atoms with Gasteiger partial charge in [0.1, 0.15) is 5.78 Å². The lowest BCUT2D eigenvalue weighted by Gasteiger charge is -2.35. The molecule has 86 valence electrons. The molecule has 0 heterocycles. The highest BCUT2D eigenvalue weighted by molar-refractivity contribution is 7.89. The SMILES string of the molecule is C[C@]1(CS(N)(=O)=O)[C@H]2CC[C@]1(C)C(=O)C2. The summed E-state index contributed by atoms with van der Waals surface area (Å²) in [4.78, 5) is 11.8. The summed E-state index contributed by atoms with van der Waals surface area (Å²) >= 11 is 0. The summed E-state index contributed by atoms with van der Waals surface area (Å²) in [6.45, 7) is 3.80. The van der Waals surface area contributed by atoms with E-state index in [-0.39, 0.29) is 17.5 Å². The molecule has 15 heavy (non-hydrogen) atoms. The number of carbonyl (C=O) groups is 1. The van der Waals surface area contributed by atoms with Gasteiger partial charge in [0.25, 0.3) is 0 Å². The quantitative estimate of drug-likeness (QED) is 0.758. The summed E-state index contributed by atoms with van der Waals surface area (Å²) in [6, 6.07) is 0. The van der Waals surface area contributed by atoms with E-state index in [0.29, 0.717) is 6.42 Å². The second-order valence-corrected chi connectivity index (χ2v) is 7.03. The summed E-state index contributed by atoms with van der Waals surface area (Å²) in [5.74, 6) is 0.352. The Morgan fingerprint density at radius 1 is 1.47 bits per heavy atom. The molecule has 2 rings (SSSR count). The van der Waals surface area contributed by atoms with Crippen LogP contribution in [0.1, 0.15) is 33.1 Å². The molecule has 0 aromatic carbocycles. The molecule has 0 radical (unpaired) electrons. The van der Waals surface area contributed by atoms with Crippen LogP contribution in [0.15, 0.2) is 0 Å². The minimum absolute atomic E-state index is 0.0626. The normalized spacial score (nSPS) is 45.0. The summed E-state index contributed by atoms with van der Waals surface area (Å²) in [7, 11) is -3.51. The first-order valence-corrected chi connectivity index (χ1v) is 6.94. The predicted octanol–water partition coefficient (Wildman–Crippen LogP) is 0.670. The van der Waals surface area contributed by atoms with Crippen LogP contribution in [0.2, 0.25) is 0 Å². The van der Waals surface area contributed by atoms with Crippen molar-refractivity contribution in [2.45, 2.75) is 33.1 Å². The molecule has 0 unspecified atom stereocenters. The van der Waals surface area contributed by atoms with Crippen LogP contribution in [0.3, 0.4) is 0 Å².